The zero-order valence-electron chi connectivity index (χ0n) is 11.2. The summed E-state index contributed by atoms with van der Waals surface area (Å²) in [7, 11) is -0.168. The maximum atomic E-state index is 8.77. The third-order valence-corrected chi connectivity index (χ3v) is 5.02. The van der Waals surface area contributed by atoms with E-state index in [1.54, 1.807) is 0 Å². The van der Waals surface area contributed by atoms with Crippen LogP contribution in [-0.4, -0.2) is 5.75 Å². The highest BCUT2D eigenvalue weighted by atomic mass is 32.2. The summed E-state index contributed by atoms with van der Waals surface area (Å²) < 4.78 is 4.11. The topological polar surface area (TPSA) is 36.1 Å². The lowest BCUT2D eigenvalue weighted by atomic mass is 9.80. The molecule has 0 bridgehead atoms. The number of hydrogen-bond donors (Lipinski definition) is 0. The van der Waals surface area contributed by atoms with Gasteiger partial charge in [-0.15, -0.1) is 4.36 Å². The van der Waals surface area contributed by atoms with Crippen LogP contribution in [0.15, 0.2) is 14.8 Å². The van der Waals surface area contributed by atoms with Crippen LogP contribution >= 0.6 is 0 Å². The molecule has 0 saturated carbocycles. The number of rotatable bonds is 0. The molecule has 0 fully saturated rings. The lowest BCUT2D eigenvalue weighted by molar-refractivity contribution is 0.457. The quantitative estimate of drug-likeness (QED) is 0.587. The zero-order valence-corrected chi connectivity index (χ0v) is 12.0. The van der Waals surface area contributed by atoms with Gasteiger partial charge in [0.05, 0.1) is 0 Å². The SMILES string of the molecule is CC(C)(C)C1=C(C(C)(C)C)S(=NC#N)CC1. The van der Waals surface area contributed by atoms with Gasteiger partial charge in [0.2, 0.25) is 6.19 Å². The Hall–Kier alpha value is -0.620. The van der Waals surface area contributed by atoms with Crippen LogP contribution in [0.5, 0.6) is 0 Å². The van der Waals surface area contributed by atoms with Crippen molar-refractivity contribution in [2.45, 2.75) is 48.0 Å². The number of hydrogen-bond acceptors (Lipinski definition) is 2. The zero-order chi connectivity index (χ0) is 12.6. The van der Waals surface area contributed by atoms with E-state index in [-0.39, 0.29) is 21.5 Å². The smallest absolute Gasteiger partial charge is 0.170 e. The first kappa shape index (κ1) is 13.4. The maximum Gasteiger partial charge on any atom is 0.212 e. The summed E-state index contributed by atoms with van der Waals surface area (Å²) in [6.45, 7) is 13.5. The van der Waals surface area contributed by atoms with E-state index < -0.39 is 0 Å². The van der Waals surface area contributed by atoms with E-state index in [0.29, 0.717) is 0 Å². The van der Waals surface area contributed by atoms with Crippen molar-refractivity contribution >= 4 is 10.7 Å². The molecule has 1 rings (SSSR count). The van der Waals surface area contributed by atoms with Crippen molar-refractivity contribution in [3.63, 3.8) is 0 Å². The van der Waals surface area contributed by atoms with Crippen molar-refractivity contribution in [1.82, 2.24) is 0 Å². The monoisotopic (exact) mass is 238 g/mol. The van der Waals surface area contributed by atoms with E-state index in [0.717, 1.165) is 12.2 Å². The summed E-state index contributed by atoms with van der Waals surface area (Å²) >= 11 is 0. The summed E-state index contributed by atoms with van der Waals surface area (Å²) in [6, 6.07) is 0. The van der Waals surface area contributed by atoms with Crippen LogP contribution in [0.4, 0.5) is 0 Å². The second kappa shape index (κ2) is 4.33. The minimum atomic E-state index is -0.168. The van der Waals surface area contributed by atoms with Crippen molar-refractivity contribution in [2.24, 2.45) is 15.2 Å². The standard InChI is InChI=1S/C13H22N2S/c1-12(2,3)10-7-8-16(15-9-14)11(10)13(4,5)6/h7-8H2,1-6H3. The Bertz CT molecular complexity index is 384. The Kier molecular flexibility index (Phi) is 3.64. The highest BCUT2D eigenvalue weighted by Gasteiger charge is 2.34. The van der Waals surface area contributed by atoms with Crippen molar-refractivity contribution < 1.29 is 0 Å². The fourth-order valence-electron chi connectivity index (χ4n) is 2.22. The predicted octanol–water partition coefficient (Wildman–Crippen LogP) is 4.02. The number of nitriles is 1. The van der Waals surface area contributed by atoms with Gasteiger partial charge in [-0.05, 0) is 17.3 Å². The van der Waals surface area contributed by atoms with Crippen LogP contribution in [0, 0.1) is 22.3 Å². The van der Waals surface area contributed by atoms with Crippen molar-refractivity contribution in [1.29, 1.82) is 5.26 Å². The van der Waals surface area contributed by atoms with Gasteiger partial charge in [0, 0.05) is 10.7 Å². The van der Waals surface area contributed by atoms with E-state index in [2.05, 4.69) is 45.9 Å². The summed E-state index contributed by atoms with van der Waals surface area (Å²) in [6.07, 6.45) is 3.09. The third-order valence-electron chi connectivity index (χ3n) is 2.79. The molecule has 0 radical (unpaired) electrons. The molecule has 0 saturated heterocycles. The first-order chi connectivity index (χ1) is 7.18. The molecule has 2 nitrogen and oxygen atoms in total. The first-order valence-corrected chi connectivity index (χ1v) is 7.08. The van der Waals surface area contributed by atoms with E-state index in [4.69, 9.17) is 5.26 Å². The molecule has 0 N–H and O–H groups in total. The van der Waals surface area contributed by atoms with Crippen molar-refractivity contribution in [3.8, 4) is 6.19 Å². The molecule has 1 aliphatic rings. The van der Waals surface area contributed by atoms with E-state index >= 15 is 0 Å². The van der Waals surface area contributed by atoms with Crippen molar-refractivity contribution in [3.05, 3.63) is 10.5 Å². The number of allylic oxidation sites excluding steroid dienone is 2. The van der Waals surface area contributed by atoms with Gasteiger partial charge in [-0.25, -0.2) is 0 Å². The normalized spacial score (nSPS) is 22.7. The van der Waals surface area contributed by atoms with Gasteiger partial charge >= 0.3 is 0 Å². The van der Waals surface area contributed by atoms with Crippen LogP contribution in [0.3, 0.4) is 0 Å². The van der Waals surface area contributed by atoms with Gasteiger partial charge < -0.3 is 0 Å². The molecule has 0 aliphatic carbocycles. The first-order valence-electron chi connectivity index (χ1n) is 5.73. The molecule has 1 aliphatic heterocycles. The van der Waals surface area contributed by atoms with Gasteiger partial charge in [-0.3, -0.25) is 0 Å². The molecule has 3 heteroatoms. The summed E-state index contributed by atoms with van der Waals surface area (Å²) in [4.78, 5) is 1.42. The molecule has 0 spiro atoms. The van der Waals surface area contributed by atoms with Crippen LogP contribution < -0.4 is 0 Å². The van der Waals surface area contributed by atoms with E-state index in [1.807, 2.05) is 6.19 Å². The highest BCUT2D eigenvalue weighted by molar-refractivity contribution is 7.91. The minimum absolute atomic E-state index is 0.128. The summed E-state index contributed by atoms with van der Waals surface area (Å²) in [5.74, 6) is 1.03. The molecule has 1 heterocycles. The lowest BCUT2D eigenvalue weighted by Crippen LogP contribution is -2.17. The molecule has 1 unspecified atom stereocenters. The molecule has 90 valence electrons. The highest BCUT2D eigenvalue weighted by Crippen LogP contribution is 2.44. The van der Waals surface area contributed by atoms with Crippen LogP contribution in [0.2, 0.25) is 0 Å². The van der Waals surface area contributed by atoms with E-state index in [1.165, 1.54) is 10.5 Å². The molecule has 0 aromatic carbocycles. The Morgan fingerprint density at radius 2 is 1.69 bits per heavy atom. The second-order valence-corrected chi connectivity index (χ2v) is 8.05. The van der Waals surface area contributed by atoms with Crippen molar-refractivity contribution in [2.75, 3.05) is 5.75 Å². The molecule has 0 aromatic heterocycles. The predicted molar refractivity (Wildman–Crippen MR) is 70.8 cm³/mol. The molecular formula is C13H22N2S. The summed E-state index contributed by atoms with van der Waals surface area (Å²) in [5, 5.41) is 8.77. The lowest BCUT2D eigenvalue weighted by Gasteiger charge is -2.29. The Morgan fingerprint density at radius 1 is 1.12 bits per heavy atom. The largest absolute Gasteiger partial charge is 0.212 e. The third kappa shape index (κ3) is 2.74. The average molecular weight is 238 g/mol. The van der Waals surface area contributed by atoms with Gasteiger partial charge in [-0.1, -0.05) is 57.8 Å². The second-order valence-electron chi connectivity index (χ2n) is 6.32. The Balaban J connectivity index is 3.35. The van der Waals surface area contributed by atoms with Crippen LogP contribution in [-0.2, 0) is 10.7 Å². The minimum Gasteiger partial charge on any atom is -0.170 e. The fraction of sp³-hybridized carbons (Fsp3) is 0.769. The van der Waals surface area contributed by atoms with Gasteiger partial charge in [-0.2, -0.15) is 5.26 Å². The summed E-state index contributed by atoms with van der Waals surface area (Å²) in [5.41, 5.74) is 1.85. The molecule has 16 heavy (non-hydrogen) atoms. The average Bonchev–Trinajstić information content (AvgIpc) is 2.46. The van der Waals surface area contributed by atoms with Gasteiger partial charge in [0.15, 0.2) is 0 Å². The Morgan fingerprint density at radius 3 is 2.06 bits per heavy atom. The molecular weight excluding hydrogens is 216 g/mol. The van der Waals surface area contributed by atoms with Crippen LogP contribution in [0.1, 0.15) is 48.0 Å². The van der Waals surface area contributed by atoms with E-state index in [9.17, 15) is 0 Å². The molecule has 0 aromatic rings. The fourth-order valence-corrected chi connectivity index (χ4v) is 4.50. The maximum absolute atomic E-state index is 8.77. The Labute approximate surface area is 102 Å². The van der Waals surface area contributed by atoms with Gasteiger partial charge in [0.25, 0.3) is 0 Å². The molecule has 1 atom stereocenters. The van der Waals surface area contributed by atoms with Gasteiger partial charge in [0.1, 0.15) is 0 Å². The molecule has 0 amide bonds. The van der Waals surface area contributed by atoms with Crippen LogP contribution in [0.25, 0.3) is 0 Å². The number of nitrogens with zero attached hydrogens (tertiary/aromatic N) is 2.